The number of anilines is 2. The second-order valence-corrected chi connectivity index (χ2v) is 7.25. The molecule has 0 unspecified atom stereocenters. The Morgan fingerprint density at radius 2 is 1.76 bits per heavy atom. The van der Waals surface area contributed by atoms with Crippen molar-refractivity contribution in [2.75, 3.05) is 36.5 Å². The number of rotatable bonds is 4. The first kappa shape index (κ1) is 19.1. The third-order valence-corrected chi connectivity index (χ3v) is 5.15. The quantitative estimate of drug-likeness (QED) is 0.739. The molecule has 7 nitrogen and oxygen atoms in total. The van der Waals surface area contributed by atoms with Crippen LogP contribution in [0.5, 0.6) is 0 Å². The summed E-state index contributed by atoms with van der Waals surface area (Å²) in [6.07, 6.45) is 1.62. The van der Waals surface area contributed by atoms with Crippen LogP contribution in [0.2, 0.25) is 0 Å². The maximum absolute atomic E-state index is 12.8. The zero-order valence-electron chi connectivity index (χ0n) is 17.0. The summed E-state index contributed by atoms with van der Waals surface area (Å²) in [6.45, 7) is 8.93. The average molecular weight is 391 g/mol. The molecule has 7 heteroatoms. The molecule has 1 N–H and O–H groups in total. The van der Waals surface area contributed by atoms with Gasteiger partial charge in [-0.3, -0.25) is 4.79 Å². The van der Waals surface area contributed by atoms with E-state index in [0.717, 1.165) is 41.7 Å². The number of aryl methyl sites for hydroxylation is 2. The van der Waals surface area contributed by atoms with Crippen LogP contribution in [-0.2, 0) is 4.74 Å². The number of aromatic nitrogens is 3. The van der Waals surface area contributed by atoms with E-state index in [1.807, 2.05) is 54.9 Å². The Bertz CT molecular complexity index is 1000. The van der Waals surface area contributed by atoms with Crippen LogP contribution in [-0.4, -0.2) is 47.0 Å². The van der Waals surface area contributed by atoms with Crippen molar-refractivity contribution in [2.45, 2.75) is 20.8 Å². The fraction of sp³-hybridized carbons (Fsp3) is 0.318. The summed E-state index contributed by atoms with van der Waals surface area (Å²) >= 11 is 0. The second kappa shape index (κ2) is 8.05. The highest BCUT2D eigenvalue weighted by molar-refractivity contribution is 6.04. The lowest BCUT2D eigenvalue weighted by molar-refractivity contribution is 0.102. The molecule has 4 rings (SSSR count). The molecule has 1 fully saturated rings. The van der Waals surface area contributed by atoms with E-state index in [-0.39, 0.29) is 5.91 Å². The molecule has 150 valence electrons. The third-order valence-electron chi connectivity index (χ3n) is 5.15. The summed E-state index contributed by atoms with van der Waals surface area (Å²) in [5.74, 6) is 0.671. The largest absolute Gasteiger partial charge is 0.378 e. The van der Waals surface area contributed by atoms with Gasteiger partial charge in [0.1, 0.15) is 5.82 Å². The maximum Gasteiger partial charge on any atom is 0.257 e. The topological polar surface area (TPSA) is 72.3 Å². The van der Waals surface area contributed by atoms with Crippen LogP contribution in [0, 0.1) is 20.8 Å². The number of hydrogen-bond acceptors (Lipinski definition) is 5. The number of benzene rings is 1. The molecule has 1 aliphatic heterocycles. The molecule has 1 saturated heterocycles. The van der Waals surface area contributed by atoms with Crippen molar-refractivity contribution in [1.82, 2.24) is 14.8 Å². The van der Waals surface area contributed by atoms with Gasteiger partial charge in [-0.1, -0.05) is 17.7 Å². The Balaban J connectivity index is 1.51. The molecule has 0 saturated carbocycles. The summed E-state index contributed by atoms with van der Waals surface area (Å²) in [7, 11) is 0. The lowest BCUT2D eigenvalue weighted by Crippen LogP contribution is -2.36. The van der Waals surface area contributed by atoms with Gasteiger partial charge in [0.2, 0.25) is 0 Å². The number of nitrogens with zero attached hydrogens (tertiary/aromatic N) is 4. The highest BCUT2D eigenvalue weighted by Gasteiger charge is 2.17. The first-order chi connectivity index (χ1) is 14.0. The van der Waals surface area contributed by atoms with Gasteiger partial charge in [-0.15, -0.1) is 0 Å². The molecule has 1 amide bonds. The van der Waals surface area contributed by atoms with E-state index < -0.39 is 0 Å². The van der Waals surface area contributed by atoms with Gasteiger partial charge in [-0.2, -0.15) is 5.10 Å². The number of ether oxygens (including phenoxy) is 1. The van der Waals surface area contributed by atoms with Crippen LogP contribution < -0.4 is 10.2 Å². The molecule has 0 aliphatic carbocycles. The van der Waals surface area contributed by atoms with Crippen molar-refractivity contribution in [3.63, 3.8) is 0 Å². The van der Waals surface area contributed by atoms with E-state index >= 15 is 0 Å². The Morgan fingerprint density at radius 3 is 2.41 bits per heavy atom. The van der Waals surface area contributed by atoms with Crippen molar-refractivity contribution in [3.05, 3.63) is 65.1 Å². The molecule has 3 aromatic rings. The van der Waals surface area contributed by atoms with E-state index in [9.17, 15) is 4.79 Å². The molecule has 0 spiro atoms. The van der Waals surface area contributed by atoms with Crippen LogP contribution in [0.3, 0.4) is 0 Å². The van der Waals surface area contributed by atoms with Gasteiger partial charge < -0.3 is 15.0 Å². The standard InChI is InChI=1S/C22H25N5O2/c1-15-4-7-19(8-5-15)27-17(3)21(16(2)25-27)24-22(28)18-6-9-20(23-14-18)26-10-12-29-13-11-26/h4-9,14H,10-13H2,1-3H3,(H,24,28). The molecule has 3 heterocycles. The van der Waals surface area contributed by atoms with Crippen molar-refractivity contribution in [2.24, 2.45) is 0 Å². The molecule has 0 atom stereocenters. The van der Waals surface area contributed by atoms with Crippen LogP contribution in [0.4, 0.5) is 11.5 Å². The highest BCUT2D eigenvalue weighted by atomic mass is 16.5. The number of hydrogen-bond donors (Lipinski definition) is 1. The summed E-state index contributed by atoms with van der Waals surface area (Å²) < 4.78 is 7.22. The van der Waals surface area contributed by atoms with Crippen LogP contribution in [0.15, 0.2) is 42.6 Å². The lowest BCUT2D eigenvalue weighted by Gasteiger charge is -2.27. The minimum atomic E-state index is -0.194. The summed E-state index contributed by atoms with van der Waals surface area (Å²) in [5.41, 5.74) is 5.06. The first-order valence-electron chi connectivity index (χ1n) is 9.76. The van der Waals surface area contributed by atoms with Crippen molar-refractivity contribution in [3.8, 4) is 5.69 Å². The van der Waals surface area contributed by atoms with Gasteiger partial charge in [0.15, 0.2) is 0 Å². The highest BCUT2D eigenvalue weighted by Crippen LogP contribution is 2.24. The van der Waals surface area contributed by atoms with E-state index in [2.05, 4.69) is 27.2 Å². The van der Waals surface area contributed by atoms with Crippen molar-refractivity contribution >= 4 is 17.4 Å². The zero-order chi connectivity index (χ0) is 20.4. The monoisotopic (exact) mass is 391 g/mol. The Hall–Kier alpha value is -3.19. The minimum absolute atomic E-state index is 0.194. The fourth-order valence-electron chi connectivity index (χ4n) is 3.45. The maximum atomic E-state index is 12.8. The molecular formula is C22H25N5O2. The van der Waals surface area contributed by atoms with Crippen molar-refractivity contribution < 1.29 is 9.53 Å². The van der Waals surface area contributed by atoms with Gasteiger partial charge in [0, 0.05) is 19.3 Å². The molecular weight excluding hydrogens is 366 g/mol. The number of carbonyl (C=O) groups excluding carboxylic acids is 1. The number of carbonyl (C=O) groups is 1. The molecule has 0 bridgehead atoms. The van der Waals surface area contributed by atoms with Gasteiger partial charge in [-0.05, 0) is 45.0 Å². The number of amides is 1. The van der Waals surface area contributed by atoms with Gasteiger partial charge >= 0.3 is 0 Å². The molecule has 1 aliphatic rings. The molecule has 29 heavy (non-hydrogen) atoms. The zero-order valence-corrected chi connectivity index (χ0v) is 17.0. The second-order valence-electron chi connectivity index (χ2n) is 7.25. The smallest absolute Gasteiger partial charge is 0.257 e. The first-order valence-corrected chi connectivity index (χ1v) is 9.76. The predicted molar refractivity (Wildman–Crippen MR) is 113 cm³/mol. The van der Waals surface area contributed by atoms with Crippen LogP contribution in [0.1, 0.15) is 27.3 Å². The lowest BCUT2D eigenvalue weighted by atomic mass is 10.2. The van der Waals surface area contributed by atoms with Crippen LogP contribution in [0.25, 0.3) is 5.69 Å². The van der Waals surface area contributed by atoms with Gasteiger partial charge in [0.25, 0.3) is 5.91 Å². The van der Waals surface area contributed by atoms with Crippen molar-refractivity contribution in [1.29, 1.82) is 0 Å². The minimum Gasteiger partial charge on any atom is -0.378 e. The summed E-state index contributed by atoms with van der Waals surface area (Å²) in [4.78, 5) is 19.4. The normalized spacial score (nSPS) is 14.1. The van der Waals surface area contributed by atoms with Gasteiger partial charge in [0.05, 0.1) is 41.5 Å². The Kier molecular flexibility index (Phi) is 5.31. The summed E-state index contributed by atoms with van der Waals surface area (Å²) in [5, 5.41) is 7.60. The van der Waals surface area contributed by atoms with E-state index in [4.69, 9.17) is 4.74 Å². The Labute approximate surface area is 170 Å². The fourth-order valence-corrected chi connectivity index (χ4v) is 3.45. The molecule has 1 aromatic carbocycles. The molecule has 0 radical (unpaired) electrons. The third kappa shape index (κ3) is 4.00. The average Bonchev–Trinajstić information content (AvgIpc) is 3.03. The number of morpholine rings is 1. The van der Waals surface area contributed by atoms with Gasteiger partial charge in [-0.25, -0.2) is 9.67 Å². The summed E-state index contributed by atoms with van der Waals surface area (Å²) in [6, 6.07) is 11.8. The van der Waals surface area contributed by atoms with E-state index in [1.165, 1.54) is 5.56 Å². The van der Waals surface area contributed by atoms with E-state index in [0.29, 0.717) is 18.8 Å². The predicted octanol–water partition coefficient (Wildman–Crippen LogP) is 3.28. The number of pyridine rings is 1. The Morgan fingerprint density at radius 1 is 1.03 bits per heavy atom. The van der Waals surface area contributed by atoms with E-state index in [1.54, 1.807) is 6.20 Å². The number of nitrogens with one attached hydrogen (secondary N) is 1. The molecule has 2 aromatic heterocycles. The van der Waals surface area contributed by atoms with Crippen LogP contribution >= 0.6 is 0 Å². The SMILES string of the molecule is Cc1ccc(-n2nc(C)c(NC(=O)c3ccc(N4CCOCC4)nc3)c2C)cc1.